The van der Waals surface area contributed by atoms with Crippen molar-refractivity contribution in [3.63, 3.8) is 0 Å². The van der Waals surface area contributed by atoms with Crippen molar-refractivity contribution in [3.8, 4) is 16.2 Å². The quantitative estimate of drug-likeness (QED) is 0.257. The molecule has 4 aromatic rings. The Bertz CT molecular complexity index is 1420. The van der Waals surface area contributed by atoms with E-state index in [1.807, 2.05) is 31.2 Å². The Kier molecular flexibility index (Phi) is 6.32. The molecule has 7 heteroatoms. The summed E-state index contributed by atoms with van der Waals surface area (Å²) in [6.07, 6.45) is 2.87. The van der Waals surface area contributed by atoms with E-state index in [0.29, 0.717) is 18.7 Å². The summed E-state index contributed by atoms with van der Waals surface area (Å²) in [6.45, 7) is 9.72. The van der Waals surface area contributed by atoms with Gasteiger partial charge in [0.25, 0.3) is 0 Å². The second-order valence-corrected chi connectivity index (χ2v) is 12.2. The van der Waals surface area contributed by atoms with Gasteiger partial charge in [0.15, 0.2) is 5.13 Å². The number of benzene rings is 2. The SMILES string of the molecule is Cc1ccc2nc(NCCOc3ccc(-c4sc5c(c4C(=O)O)CC(C)(C)CC5)c(C)c3)sc2c1. The largest absolute Gasteiger partial charge is 0.492 e. The third-order valence-electron chi connectivity index (χ3n) is 6.62. The molecule has 0 saturated heterocycles. The Hall–Kier alpha value is -2.90. The highest BCUT2D eigenvalue weighted by Gasteiger charge is 2.33. The van der Waals surface area contributed by atoms with Crippen molar-refractivity contribution in [2.75, 3.05) is 18.5 Å². The smallest absolute Gasteiger partial charge is 0.337 e. The first-order valence-electron chi connectivity index (χ1n) is 11.9. The van der Waals surface area contributed by atoms with E-state index in [1.165, 1.54) is 15.1 Å². The van der Waals surface area contributed by atoms with E-state index in [4.69, 9.17) is 4.74 Å². The van der Waals surface area contributed by atoms with Crippen LogP contribution in [0.4, 0.5) is 5.13 Å². The second kappa shape index (κ2) is 9.28. The topological polar surface area (TPSA) is 71.5 Å². The lowest BCUT2D eigenvalue weighted by molar-refractivity contribution is 0.0696. The molecule has 0 radical (unpaired) electrons. The van der Waals surface area contributed by atoms with Crippen LogP contribution in [-0.2, 0) is 12.8 Å². The highest BCUT2D eigenvalue weighted by atomic mass is 32.1. The molecule has 0 spiro atoms. The molecule has 0 saturated carbocycles. The minimum absolute atomic E-state index is 0.140. The van der Waals surface area contributed by atoms with Crippen LogP contribution in [0, 0.1) is 19.3 Å². The Labute approximate surface area is 213 Å². The second-order valence-electron chi connectivity index (χ2n) is 10.1. The lowest BCUT2D eigenvalue weighted by Gasteiger charge is -2.29. The number of fused-ring (bicyclic) bond motifs is 2. The summed E-state index contributed by atoms with van der Waals surface area (Å²) < 4.78 is 7.16. The van der Waals surface area contributed by atoms with Crippen molar-refractivity contribution < 1.29 is 14.6 Å². The number of thiophene rings is 1. The zero-order valence-corrected chi connectivity index (χ0v) is 22.2. The van der Waals surface area contributed by atoms with Gasteiger partial charge in [0.05, 0.1) is 22.3 Å². The van der Waals surface area contributed by atoms with Gasteiger partial charge < -0.3 is 15.2 Å². The first-order valence-corrected chi connectivity index (χ1v) is 13.6. The minimum Gasteiger partial charge on any atom is -0.492 e. The number of ether oxygens (including phenoxy) is 1. The van der Waals surface area contributed by atoms with E-state index < -0.39 is 5.97 Å². The Morgan fingerprint density at radius 1 is 1.17 bits per heavy atom. The van der Waals surface area contributed by atoms with E-state index >= 15 is 0 Å². The third kappa shape index (κ3) is 4.93. The summed E-state index contributed by atoms with van der Waals surface area (Å²) in [5.41, 5.74) is 5.91. The number of thiazole rings is 1. The third-order valence-corrected chi connectivity index (χ3v) is 8.92. The van der Waals surface area contributed by atoms with Gasteiger partial charge in [-0.05, 0) is 91.1 Å². The normalized spacial score (nSPS) is 14.6. The highest BCUT2D eigenvalue weighted by Crippen LogP contribution is 2.46. The van der Waals surface area contributed by atoms with Gasteiger partial charge in [-0.3, -0.25) is 0 Å². The molecule has 0 bridgehead atoms. The molecule has 2 aromatic carbocycles. The molecule has 1 aliphatic rings. The first-order chi connectivity index (χ1) is 16.7. The van der Waals surface area contributed by atoms with Crippen molar-refractivity contribution in [2.24, 2.45) is 5.41 Å². The van der Waals surface area contributed by atoms with E-state index in [0.717, 1.165) is 57.2 Å². The van der Waals surface area contributed by atoms with Crippen LogP contribution in [0.25, 0.3) is 20.7 Å². The molecule has 1 aliphatic carbocycles. The van der Waals surface area contributed by atoms with Gasteiger partial charge in [-0.25, -0.2) is 9.78 Å². The highest BCUT2D eigenvalue weighted by molar-refractivity contribution is 7.22. The summed E-state index contributed by atoms with van der Waals surface area (Å²) in [4.78, 5) is 19.0. The van der Waals surface area contributed by atoms with Crippen molar-refractivity contribution >= 4 is 44.0 Å². The number of carboxylic acids is 1. The number of nitrogens with zero attached hydrogens (tertiary/aromatic N) is 1. The molecule has 0 amide bonds. The van der Waals surface area contributed by atoms with Crippen LogP contribution in [0.1, 0.15) is 52.2 Å². The fourth-order valence-corrected chi connectivity index (χ4v) is 7.14. The van der Waals surface area contributed by atoms with Gasteiger partial charge >= 0.3 is 5.97 Å². The number of anilines is 1. The monoisotopic (exact) mass is 506 g/mol. The Balaban J connectivity index is 1.27. The average molecular weight is 507 g/mol. The van der Waals surface area contributed by atoms with Gasteiger partial charge in [-0.2, -0.15) is 0 Å². The van der Waals surface area contributed by atoms with E-state index in [2.05, 4.69) is 43.2 Å². The number of aryl methyl sites for hydroxylation is 3. The maximum Gasteiger partial charge on any atom is 0.337 e. The van der Waals surface area contributed by atoms with Crippen molar-refractivity contribution in [2.45, 2.75) is 47.0 Å². The molecule has 35 heavy (non-hydrogen) atoms. The summed E-state index contributed by atoms with van der Waals surface area (Å²) >= 11 is 3.30. The molecule has 2 aromatic heterocycles. The van der Waals surface area contributed by atoms with Crippen LogP contribution in [0.3, 0.4) is 0 Å². The summed E-state index contributed by atoms with van der Waals surface area (Å²) in [7, 11) is 0. The molecular formula is C28H30N2O3S2. The van der Waals surface area contributed by atoms with Crippen LogP contribution in [0.15, 0.2) is 36.4 Å². The average Bonchev–Trinajstić information content (AvgIpc) is 3.36. The number of rotatable bonds is 7. The van der Waals surface area contributed by atoms with Crippen LogP contribution < -0.4 is 10.1 Å². The predicted octanol–water partition coefficient (Wildman–Crippen LogP) is 7.35. The fraction of sp³-hybridized carbons (Fsp3) is 0.357. The number of carboxylic acid groups (broad SMARTS) is 1. The standard InChI is InChI=1S/C28H30N2O3S2/c1-16-5-8-21-23(13-16)35-27(30-21)29-11-12-33-18-6-7-19(17(2)14-18)25-24(26(31)32)20-15-28(3,4)10-9-22(20)34-25/h5-8,13-14H,9-12,15H2,1-4H3,(H,29,30)(H,31,32). The molecule has 5 nitrogen and oxygen atoms in total. The molecule has 0 unspecified atom stereocenters. The van der Waals surface area contributed by atoms with Gasteiger partial charge in [0.1, 0.15) is 12.4 Å². The molecule has 182 valence electrons. The van der Waals surface area contributed by atoms with Crippen LogP contribution >= 0.6 is 22.7 Å². The van der Waals surface area contributed by atoms with Crippen LogP contribution in [-0.4, -0.2) is 29.2 Å². The molecule has 5 rings (SSSR count). The summed E-state index contributed by atoms with van der Waals surface area (Å²) in [5, 5.41) is 14.3. The lowest BCUT2D eigenvalue weighted by Crippen LogP contribution is -2.22. The Morgan fingerprint density at radius 3 is 2.77 bits per heavy atom. The first kappa shape index (κ1) is 23.8. The van der Waals surface area contributed by atoms with Gasteiger partial charge in [0, 0.05) is 9.75 Å². The van der Waals surface area contributed by atoms with E-state index in [9.17, 15) is 9.90 Å². The van der Waals surface area contributed by atoms with E-state index in [1.54, 1.807) is 22.7 Å². The van der Waals surface area contributed by atoms with Gasteiger partial charge in [0.2, 0.25) is 0 Å². The molecule has 2 heterocycles. The maximum atomic E-state index is 12.3. The molecule has 0 aliphatic heterocycles. The van der Waals surface area contributed by atoms with Crippen LogP contribution in [0.2, 0.25) is 0 Å². The molecule has 0 atom stereocenters. The predicted molar refractivity (Wildman–Crippen MR) is 146 cm³/mol. The fourth-order valence-electron chi connectivity index (χ4n) is 4.75. The summed E-state index contributed by atoms with van der Waals surface area (Å²) in [6, 6.07) is 12.2. The van der Waals surface area contributed by atoms with Crippen molar-refractivity contribution in [3.05, 3.63) is 63.5 Å². The molecule has 2 N–H and O–H groups in total. The number of carbonyl (C=O) groups is 1. The van der Waals surface area contributed by atoms with Gasteiger partial charge in [-0.15, -0.1) is 11.3 Å². The zero-order valence-electron chi connectivity index (χ0n) is 20.5. The number of nitrogens with one attached hydrogen (secondary N) is 1. The molecular weight excluding hydrogens is 476 g/mol. The minimum atomic E-state index is -0.828. The number of aromatic nitrogens is 1. The van der Waals surface area contributed by atoms with Crippen molar-refractivity contribution in [1.29, 1.82) is 0 Å². The number of aromatic carboxylic acids is 1. The number of hydrogen-bond donors (Lipinski definition) is 2. The number of hydrogen-bond acceptors (Lipinski definition) is 6. The zero-order chi connectivity index (χ0) is 24.7. The molecule has 0 fully saturated rings. The van der Waals surface area contributed by atoms with Crippen LogP contribution in [0.5, 0.6) is 5.75 Å². The van der Waals surface area contributed by atoms with Gasteiger partial charge in [-0.1, -0.05) is 31.3 Å². The van der Waals surface area contributed by atoms with Crippen molar-refractivity contribution in [1.82, 2.24) is 4.98 Å². The van der Waals surface area contributed by atoms with E-state index in [-0.39, 0.29) is 5.41 Å². The lowest BCUT2D eigenvalue weighted by atomic mass is 9.76. The maximum absolute atomic E-state index is 12.3. The Morgan fingerprint density at radius 2 is 2.00 bits per heavy atom. The summed E-state index contributed by atoms with van der Waals surface area (Å²) in [5.74, 6) is -0.0432.